The molecule has 3 fully saturated rings. The highest BCUT2D eigenvalue weighted by molar-refractivity contribution is 5.08. The molecule has 0 saturated heterocycles. The molecule has 50 valence electrons. The minimum Gasteiger partial charge on any atom is -0.0996 e. The van der Waals surface area contributed by atoms with E-state index < -0.39 is 0 Å². The SMILES string of the molecule is C=C1CC2CCC1CC2. The van der Waals surface area contributed by atoms with Crippen LogP contribution >= 0.6 is 0 Å². The standard InChI is InChI=1S/C9H14/c1-7-6-8-2-4-9(7)5-3-8/h8-9H,1-6H2. The molecule has 3 aliphatic rings. The summed E-state index contributed by atoms with van der Waals surface area (Å²) in [5.74, 6) is 1.96. The minimum absolute atomic E-state index is 0.926. The van der Waals surface area contributed by atoms with Crippen molar-refractivity contribution in [2.24, 2.45) is 11.8 Å². The average Bonchev–Trinajstić information content (AvgIpc) is 1.90. The number of hydrogen-bond acceptors (Lipinski definition) is 0. The number of fused-ring (bicyclic) bond motifs is 3. The maximum Gasteiger partial charge on any atom is -0.0206 e. The lowest BCUT2D eigenvalue weighted by Gasteiger charge is -2.37. The Labute approximate surface area is 57.0 Å². The van der Waals surface area contributed by atoms with Gasteiger partial charge in [-0.15, -0.1) is 0 Å². The normalized spacial score (nSPS) is 41.6. The van der Waals surface area contributed by atoms with Crippen LogP contribution in [0.3, 0.4) is 0 Å². The Hall–Kier alpha value is -0.260. The highest BCUT2D eigenvalue weighted by Gasteiger charge is 2.29. The van der Waals surface area contributed by atoms with Crippen LogP contribution in [0.15, 0.2) is 12.2 Å². The molecule has 3 rings (SSSR count). The van der Waals surface area contributed by atoms with Crippen LogP contribution in [-0.4, -0.2) is 0 Å². The maximum absolute atomic E-state index is 4.10. The smallest absolute Gasteiger partial charge is 0.0206 e. The molecule has 0 heteroatoms. The number of rotatable bonds is 0. The quantitative estimate of drug-likeness (QED) is 0.433. The Morgan fingerprint density at radius 3 is 2.00 bits per heavy atom. The largest absolute Gasteiger partial charge is 0.0996 e. The summed E-state index contributed by atoms with van der Waals surface area (Å²) < 4.78 is 0. The van der Waals surface area contributed by atoms with Crippen LogP contribution in [0.1, 0.15) is 32.1 Å². The lowest BCUT2D eigenvalue weighted by atomic mass is 9.68. The van der Waals surface area contributed by atoms with Crippen molar-refractivity contribution < 1.29 is 0 Å². The second kappa shape index (κ2) is 1.86. The summed E-state index contributed by atoms with van der Waals surface area (Å²) in [5.41, 5.74) is 1.55. The van der Waals surface area contributed by atoms with E-state index >= 15 is 0 Å². The van der Waals surface area contributed by atoms with Gasteiger partial charge in [0.25, 0.3) is 0 Å². The summed E-state index contributed by atoms with van der Waals surface area (Å²) in [5, 5.41) is 0. The molecule has 0 atom stereocenters. The van der Waals surface area contributed by atoms with E-state index in [0.29, 0.717) is 0 Å². The van der Waals surface area contributed by atoms with E-state index in [1.807, 2.05) is 0 Å². The second-order valence-electron chi connectivity index (χ2n) is 3.58. The topological polar surface area (TPSA) is 0 Å². The van der Waals surface area contributed by atoms with Gasteiger partial charge in [-0.2, -0.15) is 0 Å². The molecule has 0 nitrogen and oxygen atoms in total. The molecule has 2 bridgehead atoms. The summed E-state index contributed by atoms with van der Waals surface area (Å²) in [6, 6.07) is 0. The van der Waals surface area contributed by atoms with E-state index in [1.165, 1.54) is 32.1 Å². The molecule has 0 amide bonds. The highest BCUT2D eigenvalue weighted by Crippen LogP contribution is 2.43. The zero-order valence-corrected chi connectivity index (χ0v) is 5.90. The monoisotopic (exact) mass is 122 g/mol. The number of allylic oxidation sites excluding steroid dienone is 1. The van der Waals surface area contributed by atoms with Gasteiger partial charge < -0.3 is 0 Å². The van der Waals surface area contributed by atoms with E-state index in [-0.39, 0.29) is 0 Å². The fraction of sp³-hybridized carbons (Fsp3) is 0.778. The van der Waals surface area contributed by atoms with Crippen molar-refractivity contribution in [2.75, 3.05) is 0 Å². The van der Waals surface area contributed by atoms with E-state index in [1.54, 1.807) is 5.57 Å². The van der Waals surface area contributed by atoms with Gasteiger partial charge >= 0.3 is 0 Å². The van der Waals surface area contributed by atoms with Crippen molar-refractivity contribution in [1.82, 2.24) is 0 Å². The van der Waals surface area contributed by atoms with Gasteiger partial charge in [0.05, 0.1) is 0 Å². The van der Waals surface area contributed by atoms with Gasteiger partial charge in [0, 0.05) is 0 Å². The number of hydrogen-bond donors (Lipinski definition) is 0. The fourth-order valence-corrected chi connectivity index (χ4v) is 2.31. The summed E-state index contributed by atoms with van der Waals surface area (Å²) in [6.45, 7) is 4.10. The first-order chi connectivity index (χ1) is 4.36. The van der Waals surface area contributed by atoms with Gasteiger partial charge in [-0.05, 0) is 43.9 Å². The van der Waals surface area contributed by atoms with Crippen LogP contribution in [0.2, 0.25) is 0 Å². The Balaban J connectivity index is 2.15. The van der Waals surface area contributed by atoms with Crippen LogP contribution < -0.4 is 0 Å². The molecule has 0 aliphatic heterocycles. The van der Waals surface area contributed by atoms with Crippen LogP contribution in [0.25, 0.3) is 0 Å². The zero-order valence-electron chi connectivity index (χ0n) is 5.90. The van der Waals surface area contributed by atoms with Gasteiger partial charge in [-0.3, -0.25) is 0 Å². The predicted molar refractivity (Wildman–Crippen MR) is 39.2 cm³/mol. The molecule has 0 N–H and O–H groups in total. The third kappa shape index (κ3) is 0.810. The van der Waals surface area contributed by atoms with Gasteiger partial charge in [0.15, 0.2) is 0 Å². The van der Waals surface area contributed by atoms with Gasteiger partial charge in [-0.1, -0.05) is 12.2 Å². The predicted octanol–water partition coefficient (Wildman–Crippen LogP) is 2.75. The molecule has 0 unspecified atom stereocenters. The molecule has 0 aromatic rings. The Kier molecular flexibility index (Phi) is 1.14. The Morgan fingerprint density at radius 1 is 1.11 bits per heavy atom. The highest BCUT2D eigenvalue weighted by atomic mass is 14.3. The van der Waals surface area contributed by atoms with Crippen molar-refractivity contribution in [3.05, 3.63) is 12.2 Å². The zero-order chi connectivity index (χ0) is 6.27. The van der Waals surface area contributed by atoms with E-state index in [2.05, 4.69) is 6.58 Å². The molecule has 3 saturated carbocycles. The van der Waals surface area contributed by atoms with Gasteiger partial charge in [-0.25, -0.2) is 0 Å². The summed E-state index contributed by atoms with van der Waals surface area (Å²) >= 11 is 0. The second-order valence-corrected chi connectivity index (χ2v) is 3.58. The van der Waals surface area contributed by atoms with E-state index in [9.17, 15) is 0 Å². The van der Waals surface area contributed by atoms with Crippen LogP contribution in [-0.2, 0) is 0 Å². The first kappa shape index (κ1) is 5.52. The lowest BCUT2D eigenvalue weighted by molar-refractivity contribution is 0.240. The van der Waals surface area contributed by atoms with Crippen molar-refractivity contribution in [3.63, 3.8) is 0 Å². The Morgan fingerprint density at radius 2 is 1.78 bits per heavy atom. The summed E-state index contributed by atoms with van der Waals surface area (Å²) in [4.78, 5) is 0. The van der Waals surface area contributed by atoms with Crippen molar-refractivity contribution in [2.45, 2.75) is 32.1 Å². The summed E-state index contributed by atoms with van der Waals surface area (Å²) in [7, 11) is 0. The van der Waals surface area contributed by atoms with Crippen molar-refractivity contribution in [1.29, 1.82) is 0 Å². The molecule has 0 spiro atoms. The first-order valence-corrected chi connectivity index (χ1v) is 4.04. The summed E-state index contributed by atoms with van der Waals surface area (Å²) in [6.07, 6.45) is 7.23. The van der Waals surface area contributed by atoms with Crippen LogP contribution in [0.5, 0.6) is 0 Å². The van der Waals surface area contributed by atoms with E-state index in [4.69, 9.17) is 0 Å². The van der Waals surface area contributed by atoms with E-state index in [0.717, 1.165) is 11.8 Å². The van der Waals surface area contributed by atoms with Crippen molar-refractivity contribution in [3.8, 4) is 0 Å². The molecule has 0 radical (unpaired) electrons. The van der Waals surface area contributed by atoms with Crippen molar-refractivity contribution >= 4 is 0 Å². The van der Waals surface area contributed by atoms with Gasteiger partial charge in [0.2, 0.25) is 0 Å². The molecular weight excluding hydrogens is 108 g/mol. The first-order valence-electron chi connectivity index (χ1n) is 4.04. The Bertz CT molecular complexity index is 127. The molecule has 0 heterocycles. The third-order valence-corrected chi connectivity index (χ3v) is 2.97. The third-order valence-electron chi connectivity index (χ3n) is 2.97. The molecule has 3 aliphatic carbocycles. The molecule has 0 aromatic carbocycles. The van der Waals surface area contributed by atoms with Crippen LogP contribution in [0, 0.1) is 11.8 Å². The lowest BCUT2D eigenvalue weighted by Crippen LogP contribution is -2.23. The minimum atomic E-state index is 0.926. The fourth-order valence-electron chi connectivity index (χ4n) is 2.31. The molecular formula is C9H14. The van der Waals surface area contributed by atoms with Gasteiger partial charge in [0.1, 0.15) is 0 Å². The maximum atomic E-state index is 4.10. The van der Waals surface area contributed by atoms with Crippen LogP contribution in [0.4, 0.5) is 0 Å². The average molecular weight is 122 g/mol. The molecule has 0 aromatic heterocycles. The molecule has 9 heavy (non-hydrogen) atoms.